The van der Waals surface area contributed by atoms with Crippen LogP contribution in [0.5, 0.6) is 0 Å². The minimum atomic E-state index is -0.982. The highest BCUT2D eigenvalue weighted by Crippen LogP contribution is 2.23. The Labute approximate surface area is 109 Å². The van der Waals surface area contributed by atoms with Crippen molar-refractivity contribution in [2.24, 2.45) is 0 Å². The number of carboxylic acids is 1. The third kappa shape index (κ3) is 1.73. The molecule has 0 aliphatic heterocycles. The van der Waals surface area contributed by atoms with Crippen LogP contribution in [0.25, 0.3) is 22.1 Å². The van der Waals surface area contributed by atoms with Gasteiger partial charge in [0.15, 0.2) is 0 Å². The highest BCUT2D eigenvalue weighted by atomic mass is 16.4. The van der Waals surface area contributed by atoms with Gasteiger partial charge in [-0.25, -0.2) is 14.8 Å². The summed E-state index contributed by atoms with van der Waals surface area (Å²) in [6.07, 6.45) is 0. The Morgan fingerprint density at radius 3 is 2.47 bits per heavy atom. The van der Waals surface area contributed by atoms with Crippen LogP contribution in [0, 0.1) is 13.8 Å². The van der Waals surface area contributed by atoms with Crippen LogP contribution in [0.3, 0.4) is 0 Å². The van der Waals surface area contributed by atoms with Crippen molar-refractivity contribution in [1.82, 2.24) is 9.97 Å². The first-order chi connectivity index (χ1) is 9.08. The highest BCUT2D eigenvalue weighted by Gasteiger charge is 2.12. The Balaban J connectivity index is 2.50. The van der Waals surface area contributed by atoms with Crippen molar-refractivity contribution in [2.75, 3.05) is 0 Å². The summed E-state index contributed by atoms with van der Waals surface area (Å²) < 4.78 is 0. The van der Waals surface area contributed by atoms with Gasteiger partial charge in [0.1, 0.15) is 5.52 Å². The molecular weight excluding hydrogens is 240 g/mol. The van der Waals surface area contributed by atoms with Crippen molar-refractivity contribution in [2.45, 2.75) is 13.8 Å². The molecule has 3 aromatic rings. The number of nitrogens with zero attached hydrogens (tertiary/aromatic N) is 2. The van der Waals surface area contributed by atoms with Gasteiger partial charge in [-0.05, 0) is 43.2 Å². The van der Waals surface area contributed by atoms with E-state index >= 15 is 0 Å². The SMILES string of the molecule is Cc1ccc2nc3cccc(C(=O)O)c3nc2c1C. The van der Waals surface area contributed by atoms with Crippen LogP contribution in [0.1, 0.15) is 21.5 Å². The second kappa shape index (κ2) is 4.02. The number of para-hydroxylation sites is 1. The number of fused-ring (bicyclic) bond motifs is 2. The fourth-order valence-corrected chi connectivity index (χ4v) is 2.17. The molecule has 0 aliphatic rings. The van der Waals surface area contributed by atoms with Gasteiger partial charge >= 0.3 is 5.97 Å². The van der Waals surface area contributed by atoms with Gasteiger partial charge in [0.05, 0.1) is 22.1 Å². The second-order valence-electron chi connectivity index (χ2n) is 4.58. The Hall–Kier alpha value is -2.49. The Kier molecular flexibility index (Phi) is 2.45. The molecule has 0 unspecified atom stereocenters. The number of carboxylic acid groups (broad SMARTS) is 1. The van der Waals surface area contributed by atoms with Crippen LogP contribution >= 0.6 is 0 Å². The lowest BCUT2D eigenvalue weighted by Gasteiger charge is -2.07. The van der Waals surface area contributed by atoms with E-state index in [2.05, 4.69) is 9.97 Å². The van der Waals surface area contributed by atoms with Gasteiger partial charge in [0.2, 0.25) is 0 Å². The minimum Gasteiger partial charge on any atom is -0.478 e. The Bertz CT molecular complexity index is 825. The molecule has 0 spiro atoms. The zero-order valence-corrected chi connectivity index (χ0v) is 10.6. The molecule has 3 rings (SSSR count). The summed E-state index contributed by atoms with van der Waals surface area (Å²) in [6.45, 7) is 3.98. The molecule has 19 heavy (non-hydrogen) atoms. The Morgan fingerprint density at radius 2 is 1.74 bits per heavy atom. The topological polar surface area (TPSA) is 63.1 Å². The first-order valence-corrected chi connectivity index (χ1v) is 5.98. The zero-order valence-electron chi connectivity index (χ0n) is 10.6. The summed E-state index contributed by atoms with van der Waals surface area (Å²) in [5.41, 5.74) is 4.94. The zero-order chi connectivity index (χ0) is 13.6. The number of aromatic carboxylic acids is 1. The summed E-state index contributed by atoms with van der Waals surface area (Å²) >= 11 is 0. The van der Waals surface area contributed by atoms with Gasteiger partial charge in [-0.15, -0.1) is 0 Å². The molecule has 1 N–H and O–H groups in total. The molecule has 94 valence electrons. The molecule has 4 nitrogen and oxygen atoms in total. The summed E-state index contributed by atoms with van der Waals surface area (Å²) in [5, 5.41) is 9.21. The lowest BCUT2D eigenvalue weighted by atomic mass is 10.1. The van der Waals surface area contributed by atoms with Gasteiger partial charge in [0.25, 0.3) is 0 Å². The first-order valence-electron chi connectivity index (χ1n) is 5.98. The van der Waals surface area contributed by atoms with Gasteiger partial charge < -0.3 is 5.11 Å². The molecule has 1 heterocycles. The van der Waals surface area contributed by atoms with Crippen molar-refractivity contribution < 1.29 is 9.90 Å². The van der Waals surface area contributed by atoms with Crippen molar-refractivity contribution >= 4 is 28.0 Å². The van der Waals surface area contributed by atoms with Crippen LogP contribution in [-0.2, 0) is 0 Å². The van der Waals surface area contributed by atoms with Crippen LogP contribution in [-0.4, -0.2) is 21.0 Å². The standard InChI is InChI=1S/C15H12N2O2/c1-8-6-7-12-13(9(8)2)17-14-10(15(18)19)4-3-5-11(14)16-12/h3-7H,1-2H3,(H,18,19). The molecular formula is C15H12N2O2. The van der Waals surface area contributed by atoms with E-state index in [1.165, 1.54) is 0 Å². The third-order valence-corrected chi connectivity index (χ3v) is 3.39. The van der Waals surface area contributed by atoms with Gasteiger partial charge in [-0.1, -0.05) is 12.1 Å². The fraction of sp³-hybridized carbons (Fsp3) is 0.133. The van der Waals surface area contributed by atoms with E-state index in [0.29, 0.717) is 11.0 Å². The molecule has 4 heteroatoms. The first kappa shape index (κ1) is 11.6. The van der Waals surface area contributed by atoms with Crippen LogP contribution < -0.4 is 0 Å². The summed E-state index contributed by atoms with van der Waals surface area (Å²) in [6, 6.07) is 8.93. The van der Waals surface area contributed by atoms with E-state index in [9.17, 15) is 9.90 Å². The highest BCUT2D eigenvalue weighted by molar-refractivity contribution is 6.02. The summed E-state index contributed by atoms with van der Waals surface area (Å²) in [4.78, 5) is 20.2. The maximum atomic E-state index is 11.2. The maximum absolute atomic E-state index is 11.2. The van der Waals surface area contributed by atoms with Gasteiger partial charge in [-0.2, -0.15) is 0 Å². The average molecular weight is 252 g/mol. The molecule has 1 aromatic heterocycles. The number of aromatic nitrogens is 2. The molecule has 0 fully saturated rings. The molecule has 0 bridgehead atoms. The molecule has 0 amide bonds. The van der Waals surface area contributed by atoms with Crippen molar-refractivity contribution in [3.05, 3.63) is 47.0 Å². The fourth-order valence-electron chi connectivity index (χ4n) is 2.17. The molecule has 0 saturated heterocycles. The normalized spacial score (nSPS) is 11.1. The van der Waals surface area contributed by atoms with Crippen molar-refractivity contribution in [3.63, 3.8) is 0 Å². The van der Waals surface area contributed by atoms with E-state index < -0.39 is 5.97 Å². The number of aryl methyl sites for hydroxylation is 2. The molecule has 0 atom stereocenters. The molecule has 0 saturated carbocycles. The van der Waals surface area contributed by atoms with Gasteiger partial charge in [0, 0.05) is 0 Å². The largest absolute Gasteiger partial charge is 0.478 e. The van der Waals surface area contributed by atoms with E-state index in [0.717, 1.165) is 22.2 Å². The van der Waals surface area contributed by atoms with Crippen LogP contribution in [0.15, 0.2) is 30.3 Å². The number of benzene rings is 2. The number of hydrogen-bond donors (Lipinski definition) is 1. The number of rotatable bonds is 1. The number of carbonyl (C=O) groups is 1. The molecule has 0 aliphatic carbocycles. The van der Waals surface area contributed by atoms with E-state index in [1.807, 2.05) is 26.0 Å². The van der Waals surface area contributed by atoms with Crippen LogP contribution in [0.4, 0.5) is 0 Å². The minimum absolute atomic E-state index is 0.188. The van der Waals surface area contributed by atoms with E-state index in [1.54, 1.807) is 18.2 Å². The quantitative estimate of drug-likeness (QED) is 0.676. The molecule has 0 radical (unpaired) electrons. The third-order valence-electron chi connectivity index (χ3n) is 3.39. The lowest BCUT2D eigenvalue weighted by molar-refractivity contribution is 0.0699. The number of hydrogen-bond acceptors (Lipinski definition) is 3. The monoisotopic (exact) mass is 252 g/mol. The van der Waals surface area contributed by atoms with E-state index in [4.69, 9.17) is 0 Å². The molecule has 2 aromatic carbocycles. The van der Waals surface area contributed by atoms with Crippen molar-refractivity contribution in [1.29, 1.82) is 0 Å². The van der Waals surface area contributed by atoms with Crippen molar-refractivity contribution in [3.8, 4) is 0 Å². The summed E-state index contributed by atoms with van der Waals surface area (Å²) in [5.74, 6) is -0.982. The predicted octanol–water partition coefficient (Wildman–Crippen LogP) is 3.10. The second-order valence-corrected chi connectivity index (χ2v) is 4.58. The summed E-state index contributed by atoms with van der Waals surface area (Å²) in [7, 11) is 0. The van der Waals surface area contributed by atoms with E-state index in [-0.39, 0.29) is 5.56 Å². The van der Waals surface area contributed by atoms with Gasteiger partial charge in [-0.3, -0.25) is 0 Å². The predicted molar refractivity (Wildman–Crippen MR) is 73.5 cm³/mol. The van der Waals surface area contributed by atoms with Crippen LogP contribution in [0.2, 0.25) is 0 Å². The average Bonchev–Trinajstić information content (AvgIpc) is 2.40. The lowest BCUT2D eigenvalue weighted by Crippen LogP contribution is -2.01. The maximum Gasteiger partial charge on any atom is 0.337 e. The Morgan fingerprint density at radius 1 is 1.00 bits per heavy atom. The smallest absolute Gasteiger partial charge is 0.337 e.